The molecule has 1 saturated heterocycles. The fourth-order valence-corrected chi connectivity index (χ4v) is 3.24. The van der Waals surface area contributed by atoms with Gasteiger partial charge in [-0.1, -0.05) is 15.9 Å². The summed E-state index contributed by atoms with van der Waals surface area (Å²) in [5.74, 6) is -1.17. The Morgan fingerprint density at radius 1 is 1.39 bits per heavy atom. The Balaban J connectivity index is 1.81. The van der Waals surface area contributed by atoms with Gasteiger partial charge < -0.3 is 14.7 Å². The van der Waals surface area contributed by atoms with E-state index in [1.54, 1.807) is 18.2 Å². The van der Waals surface area contributed by atoms with Crippen LogP contribution in [0.5, 0.6) is 5.75 Å². The maximum Gasteiger partial charge on any atom is 0.326 e. The summed E-state index contributed by atoms with van der Waals surface area (Å²) in [5, 5.41) is 9.18. The Labute approximate surface area is 140 Å². The number of carbonyl (C=O) groups excluding carboxylic acids is 2. The minimum absolute atomic E-state index is 0.140. The molecule has 1 N–H and O–H groups in total. The van der Waals surface area contributed by atoms with Crippen molar-refractivity contribution in [3.05, 3.63) is 22.7 Å². The number of aliphatic carboxylic acids is 1. The summed E-state index contributed by atoms with van der Waals surface area (Å²) in [5.41, 5.74) is 0.517. The molecule has 0 bridgehead atoms. The minimum atomic E-state index is -1.01. The highest BCUT2D eigenvalue weighted by Gasteiger charge is 2.36. The van der Waals surface area contributed by atoms with Gasteiger partial charge in [-0.2, -0.15) is 0 Å². The molecule has 1 fully saturated rings. The van der Waals surface area contributed by atoms with Crippen LogP contribution in [0.3, 0.4) is 0 Å². The zero-order valence-corrected chi connectivity index (χ0v) is 13.8. The summed E-state index contributed by atoms with van der Waals surface area (Å²) in [6.07, 6.45) is 1.10. The van der Waals surface area contributed by atoms with E-state index < -0.39 is 12.0 Å². The second-order valence-electron chi connectivity index (χ2n) is 5.46. The van der Waals surface area contributed by atoms with Gasteiger partial charge >= 0.3 is 5.97 Å². The number of carboxylic acid groups (broad SMARTS) is 1. The summed E-state index contributed by atoms with van der Waals surface area (Å²) < 4.78 is 6.18. The summed E-state index contributed by atoms with van der Waals surface area (Å²) >= 11 is 3.33. The van der Waals surface area contributed by atoms with Gasteiger partial charge in [-0.25, -0.2) is 4.79 Å². The lowest BCUT2D eigenvalue weighted by atomic mass is 10.2. The quantitative estimate of drug-likeness (QED) is 0.849. The van der Waals surface area contributed by atoms with Crippen molar-refractivity contribution in [1.82, 2.24) is 4.90 Å². The SMILES string of the molecule is O=C(O)[C@H]1CCCN1C(=O)CN1C(=O)COc2cc(Br)ccc21. The van der Waals surface area contributed by atoms with Gasteiger partial charge in [0.1, 0.15) is 18.3 Å². The van der Waals surface area contributed by atoms with Gasteiger partial charge in [0.05, 0.1) is 5.69 Å². The molecule has 2 aliphatic rings. The molecule has 0 unspecified atom stereocenters. The van der Waals surface area contributed by atoms with Crippen LogP contribution in [0.1, 0.15) is 12.8 Å². The van der Waals surface area contributed by atoms with Crippen molar-refractivity contribution in [2.24, 2.45) is 0 Å². The first-order valence-electron chi connectivity index (χ1n) is 7.22. The molecule has 1 aromatic rings. The van der Waals surface area contributed by atoms with Crippen LogP contribution < -0.4 is 9.64 Å². The standard InChI is InChI=1S/C15H15BrN2O5/c16-9-3-4-10-12(6-9)23-8-14(20)18(10)7-13(19)17-5-1-2-11(17)15(21)22/h3-4,6,11H,1-2,5,7-8H2,(H,21,22)/t11-/m1/s1. The van der Waals surface area contributed by atoms with Gasteiger partial charge in [0.2, 0.25) is 5.91 Å². The fourth-order valence-electron chi connectivity index (χ4n) is 2.90. The zero-order chi connectivity index (χ0) is 16.6. The predicted octanol–water partition coefficient (Wildman–Crippen LogP) is 1.25. The molecular weight excluding hydrogens is 368 g/mol. The number of carbonyl (C=O) groups is 3. The number of nitrogens with zero attached hydrogens (tertiary/aromatic N) is 2. The topological polar surface area (TPSA) is 87.2 Å². The van der Waals surface area contributed by atoms with Crippen molar-refractivity contribution in [3.63, 3.8) is 0 Å². The van der Waals surface area contributed by atoms with Crippen LogP contribution in [0.25, 0.3) is 0 Å². The lowest BCUT2D eigenvalue weighted by Gasteiger charge is -2.31. The molecule has 7 nitrogen and oxygen atoms in total. The number of anilines is 1. The van der Waals surface area contributed by atoms with Crippen molar-refractivity contribution in [3.8, 4) is 5.75 Å². The van der Waals surface area contributed by atoms with Crippen LogP contribution >= 0.6 is 15.9 Å². The third-order valence-corrected chi connectivity index (χ3v) is 4.51. The van der Waals surface area contributed by atoms with Crippen LogP contribution in [0, 0.1) is 0 Å². The average Bonchev–Trinajstić information content (AvgIpc) is 3.00. The van der Waals surface area contributed by atoms with E-state index >= 15 is 0 Å². The zero-order valence-electron chi connectivity index (χ0n) is 12.2. The number of hydrogen-bond donors (Lipinski definition) is 1. The van der Waals surface area contributed by atoms with Crippen LogP contribution in [-0.2, 0) is 14.4 Å². The molecule has 0 aromatic heterocycles. The molecule has 2 heterocycles. The van der Waals surface area contributed by atoms with E-state index in [0.717, 1.165) is 4.47 Å². The summed E-state index contributed by atoms with van der Waals surface area (Å²) in [7, 11) is 0. The number of halogens is 1. The van der Waals surface area contributed by atoms with E-state index in [1.165, 1.54) is 9.80 Å². The van der Waals surface area contributed by atoms with Crippen molar-refractivity contribution in [2.45, 2.75) is 18.9 Å². The van der Waals surface area contributed by atoms with Crippen LogP contribution in [0.4, 0.5) is 5.69 Å². The molecule has 122 valence electrons. The number of rotatable bonds is 3. The van der Waals surface area contributed by atoms with Crippen molar-refractivity contribution >= 4 is 39.4 Å². The monoisotopic (exact) mass is 382 g/mol. The van der Waals surface area contributed by atoms with Gasteiger partial charge in [0.15, 0.2) is 6.61 Å². The van der Waals surface area contributed by atoms with Gasteiger partial charge in [-0.05, 0) is 31.0 Å². The maximum atomic E-state index is 12.5. The number of hydrogen-bond acceptors (Lipinski definition) is 4. The lowest BCUT2D eigenvalue weighted by Crippen LogP contribution is -2.49. The van der Waals surface area contributed by atoms with E-state index in [-0.39, 0.29) is 25.0 Å². The predicted molar refractivity (Wildman–Crippen MR) is 84.4 cm³/mol. The Morgan fingerprint density at radius 3 is 2.91 bits per heavy atom. The molecule has 3 rings (SSSR count). The summed E-state index contributed by atoms with van der Waals surface area (Å²) in [6.45, 7) is 0.0845. The van der Waals surface area contributed by atoms with Crippen LogP contribution in [-0.4, -0.2) is 53.5 Å². The fraction of sp³-hybridized carbons (Fsp3) is 0.400. The number of likely N-dealkylation sites (tertiary alicyclic amines) is 1. The van der Waals surface area contributed by atoms with Gasteiger partial charge in [-0.15, -0.1) is 0 Å². The highest BCUT2D eigenvalue weighted by Crippen LogP contribution is 2.34. The smallest absolute Gasteiger partial charge is 0.326 e. The Hall–Kier alpha value is -2.09. The third kappa shape index (κ3) is 3.03. The van der Waals surface area contributed by atoms with Gasteiger partial charge in [0.25, 0.3) is 5.91 Å². The molecule has 0 aliphatic carbocycles. The van der Waals surface area contributed by atoms with E-state index in [1.807, 2.05) is 0 Å². The Bertz CT molecular complexity index is 678. The molecule has 23 heavy (non-hydrogen) atoms. The molecule has 1 aromatic carbocycles. The first-order chi connectivity index (χ1) is 11.0. The number of benzene rings is 1. The first kappa shape index (κ1) is 15.8. The normalized spacial score (nSPS) is 20.2. The van der Waals surface area contributed by atoms with E-state index in [0.29, 0.717) is 30.8 Å². The molecule has 2 amide bonds. The molecule has 0 radical (unpaired) electrons. The summed E-state index contributed by atoms with van der Waals surface area (Å²) in [4.78, 5) is 38.5. The second-order valence-corrected chi connectivity index (χ2v) is 6.38. The number of carboxylic acids is 1. The van der Waals surface area contributed by atoms with Crippen molar-refractivity contribution < 1.29 is 24.2 Å². The van der Waals surface area contributed by atoms with Gasteiger partial charge in [-0.3, -0.25) is 14.5 Å². The summed E-state index contributed by atoms with van der Waals surface area (Å²) in [6, 6.07) is 4.38. The van der Waals surface area contributed by atoms with Crippen LogP contribution in [0.2, 0.25) is 0 Å². The minimum Gasteiger partial charge on any atom is -0.482 e. The maximum absolute atomic E-state index is 12.5. The highest BCUT2D eigenvalue weighted by molar-refractivity contribution is 9.10. The highest BCUT2D eigenvalue weighted by atomic mass is 79.9. The molecule has 2 aliphatic heterocycles. The molecule has 0 spiro atoms. The Kier molecular flexibility index (Phi) is 4.25. The van der Waals surface area contributed by atoms with Crippen LogP contribution in [0.15, 0.2) is 22.7 Å². The first-order valence-corrected chi connectivity index (χ1v) is 8.01. The largest absolute Gasteiger partial charge is 0.482 e. The lowest BCUT2D eigenvalue weighted by molar-refractivity contribution is -0.147. The van der Waals surface area contributed by atoms with E-state index in [9.17, 15) is 19.5 Å². The number of fused-ring (bicyclic) bond motifs is 1. The molecule has 1 atom stereocenters. The number of amides is 2. The molecule has 8 heteroatoms. The number of ether oxygens (including phenoxy) is 1. The van der Waals surface area contributed by atoms with Gasteiger partial charge in [0, 0.05) is 11.0 Å². The average molecular weight is 383 g/mol. The molecular formula is C15H15BrN2O5. The third-order valence-electron chi connectivity index (χ3n) is 4.02. The van der Waals surface area contributed by atoms with Crippen molar-refractivity contribution in [2.75, 3.05) is 24.6 Å². The van der Waals surface area contributed by atoms with E-state index in [2.05, 4.69) is 15.9 Å². The van der Waals surface area contributed by atoms with Crippen molar-refractivity contribution in [1.29, 1.82) is 0 Å². The van der Waals surface area contributed by atoms with E-state index in [4.69, 9.17) is 4.74 Å². The molecule has 0 saturated carbocycles. The Morgan fingerprint density at radius 2 is 2.17 bits per heavy atom. The second kappa shape index (κ2) is 6.19.